The molecule has 0 atom stereocenters. The number of hydrogen-bond acceptors (Lipinski definition) is 3. The Labute approximate surface area is 259 Å². The molecule has 8 rings (SSSR count). The van der Waals surface area contributed by atoms with Crippen LogP contribution in [-0.4, -0.2) is 14.5 Å². The third-order valence-electron chi connectivity index (χ3n) is 8.00. The summed E-state index contributed by atoms with van der Waals surface area (Å²) < 4.78 is 3.60. The van der Waals surface area contributed by atoms with Gasteiger partial charge in [0.05, 0.1) is 16.7 Å². The maximum atomic E-state index is 4.92. The number of rotatable bonds is 4. The summed E-state index contributed by atoms with van der Waals surface area (Å²) in [5.74, 6) is 0.711. The molecule has 0 aliphatic heterocycles. The monoisotopic (exact) mass is 581 g/mol. The van der Waals surface area contributed by atoms with E-state index in [0.29, 0.717) is 5.82 Å². The van der Waals surface area contributed by atoms with E-state index in [1.807, 2.05) is 30.5 Å². The largest absolute Gasteiger partial charge is 0.309 e. The predicted octanol–water partition coefficient (Wildman–Crippen LogP) is 10.9. The minimum absolute atomic E-state index is 0.711. The van der Waals surface area contributed by atoms with Crippen molar-refractivity contribution in [1.29, 1.82) is 0 Å². The topological polar surface area (TPSA) is 30.7 Å². The maximum Gasteiger partial charge on any atom is 0.159 e. The van der Waals surface area contributed by atoms with Crippen molar-refractivity contribution in [2.75, 3.05) is 0 Å². The van der Waals surface area contributed by atoms with Gasteiger partial charge in [-0.1, -0.05) is 109 Å². The Morgan fingerprint density at radius 2 is 1.27 bits per heavy atom. The van der Waals surface area contributed by atoms with Crippen LogP contribution < -0.4 is 0 Å². The molecule has 0 fully saturated rings. The summed E-state index contributed by atoms with van der Waals surface area (Å²) in [6.07, 6.45) is 1.84. The van der Waals surface area contributed by atoms with Gasteiger partial charge in [0, 0.05) is 38.5 Å². The van der Waals surface area contributed by atoms with Gasteiger partial charge in [0.15, 0.2) is 5.82 Å². The van der Waals surface area contributed by atoms with Crippen molar-refractivity contribution in [3.05, 3.63) is 163 Å². The van der Waals surface area contributed by atoms with Gasteiger partial charge in [-0.2, -0.15) is 0 Å². The molecular formula is C40H27N3S. The van der Waals surface area contributed by atoms with E-state index < -0.39 is 0 Å². The molecule has 8 aromatic rings. The molecule has 0 saturated carbocycles. The fourth-order valence-corrected chi connectivity index (χ4v) is 6.62. The molecule has 208 valence electrons. The van der Waals surface area contributed by atoms with Gasteiger partial charge >= 0.3 is 0 Å². The zero-order valence-electron chi connectivity index (χ0n) is 23.8. The molecule has 0 bridgehead atoms. The molecule has 3 heterocycles. The van der Waals surface area contributed by atoms with Crippen molar-refractivity contribution in [2.45, 2.75) is 0 Å². The molecule has 0 N–H and O–H groups in total. The molecule has 3 nitrogen and oxygen atoms in total. The van der Waals surface area contributed by atoms with Crippen molar-refractivity contribution in [3.8, 4) is 39.5 Å². The molecule has 4 heteroatoms. The fraction of sp³-hybridized carbons (Fsp3) is 0. The molecule has 0 unspecified atom stereocenters. The highest BCUT2D eigenvalue weighted by Gasteiger charge is 2.14. The van der Waals surface area contributed by atoms with Crippen LogP contribution in [0.1, 0.15) is 0 Å². The summed E-state index contributed by atoms with van der Waals surface area (Å²) in [6.45, 7) is 0. The van der Waals surface area contributed by atoms with Crippen LogP contribution in [0, 0.1) is 0 Å². The minimum atomic E-state index is 0.711. The first-order valence-electron chi connectivity index (χ1n) is 14.7. The highest BCUT2D eigenvalue weighted by Crippen LogP contribution is 2.35. The lowest BCUT2D eigenvalue weighted by molar-refractivity contribution is 1.16. The lowest BCUT2D eigenvalue weighted by atomic mass is 10.0. The van der Waals surface area contributed by atoms with Gasteiger partial charge in [-0.25, -0.2) is 9.97 Å². The van der Waals surface area contributed by atoms with Crippen LogP contribution in [0.25, 0.3) is 71.4 Å². The van der Waals surface area contributed by atoms with E-state index in [2.05, 4.69) is 142 Å². The fourth-order valence-electron chi connectivity index (χ4n) is 5.89. The molecule has 5 aromatic carbocycles. The van der Waals surface area contributed by atoms with Crippen LogP contribution in [0.4, 0.5) is 0 Å². The highest BCUT2D eigenvalue weighted by atomic mass is 32.1. The maximum absolute atomic E-state index is 4.92. The highest BCUT2D eigenvalue weighted by molar-refractivity contribution is 7.16. The Morgan fingerprint density at radius 3 is 2.23 bits per heavy atom. The summed E-state index contributed by atoms with van der Waals surface area (Å²) >= 11 is 1.75. The molecule has 44 heavy (non-hydrogen) atoms. The minimum Gasteiger partial charge on any atom is -0.309 e. The van der Waals surface area contributed by atoms with Gasteiger partial charge in [-0.3, -0.25) is 0 Å². The first kappa shape index (κ1) is 26.1. The first-order chi connectivity index (χ1) is 21.8. The SMILES string of the molecule is c1ccc(-c2ccnc(-c3cccc(-n4c5ccccc5c5cc(-c6cccsc7ccccc7cc6)ccc54)c3)n2)cc1. The Bertz CT molecular complexity index is 2350. The third-order valence-corrected chi connectivity index (χ3v) is 8.92. The lowest BCUT2D eigenvalue weighted by Gasteiger charge is -2.10. The van der Waals surface area contributed by atoms with E-state index in [0.717, 1.165) is 28.0 Å². The quantitative estimate of drug-likeness (QED) is 0.207. The summed E-state index contributed by atoms with van der Waals surface area (Å²) in [7, 11) is 0. The Kier molecular flexibility index (Phi) is 6.67. The van der Waals surface area contributed by atoms with E-state index in [-0.39, 0.29) is 0 Å². The zero-order valence-corrected chi connectivity index (χ0v) is 24.7. The van der Waals surface area contributed by atoms with Crippen molar-refractivity contribution in [3.63, 3.8) is 0 Å². The van der Waals surface area contributed by atoms with Gasteiger partial charge in [-0.15, -0.1) is 11.3 Å². The number of fused-ring (bicyclic) bond motifs is 4. The second-order valence-corrected chi connectivity index (χ2v) is 11.7. The van der Waals surface area contributed by atoms with Gasteiger partial charge < -0.3 is 4.57 Å². The lowest BCUT2D eigenvalue weighted by Crippen LogP contribution is -1.96. The molecule has 0 amide bonds. The summed E-state index contributed by atoms with van der Waals surface area (Å²) in [4.78, 5) is 9.56. The molecule has 0 radical (unpaired) electrons. The van der Waals surface area contributed by atoms with Gasteiger partial charge in [0.25, 0.3) is 0 Å². The van der Waals surface area contributed by atoms with Gasteiger partial charge in [-0.05, 0) is 64.4 Å². The van der Waals surface area contributed by atoms with Crippen LogP contribution in [0.3, 0.4) is 0 Å². The van der Waals surface area contributed by atoms with E-state index in [1.165, 1.54) is 37.5 Å². The normalized spacial score (nSPS) is 11.2. The third kappa shape index (κ3) is 4.81. The standard InChI is InChI=1S/C40H27N3S/c1-2-10-29(11-3-1)36-23-24-41-40(42-36)32-13-8-15-33(26-32)43-37-17-6-5-16-34(37)35-27-31(21-22-38(35)43)28-14-9-25-44-39-18-7-4-12-30(39)20-19-28/h1-27H. The van der Waals surface area contributed by atoms with E-state index >= 15 is 0 Å². The summed E-state index contributed by atoms with van der Waals surface area (Å²) in [5, 5.41) is 5.83. The van der Waals surface area contributed by atoms with Crippen molar-refractivity contribution in [1.82, 2.24) is 14.5 Å². The zero-order chi connectivity index (χ0) is 29.3. The first-order valence-corrected chi connectivity index (χ1v) is 15.5. The Hall–Kier alpha value is -5.58. The number of benzene rings is 5. The number of aromatic nitrogens is 3. The van der Waals surface area contributed by atoms with Crippen molar-refractivity contribution < 1.29 is 0 Å². The average Bonchev–Trinajstić information content (AvgIpc) is 3.47. The smallest absolute Gasteiger partial charge is 0.159 e. The van der Waals surface area contributed by atoms with Gasteiger partial charge in [0.2, 0.25) is 0 Å². The van der Waals surface area contributed by atoms with Crippen molar-refractivity contribution in [2.24, 2.45) is 0 Å². The van der Waals surface area contributed by atoms with Crippen LogP contribution >= 0.6 is 11.3 Å². The molecule has 0 spiro atoms. The van der Waals surface area contributed by atoms with Crippen LogP contribution in [0.15, 0.2) is 163 Å². The Morgan fingerprint density at radius 1 is 0.500 bits per heavy atom. The molecule has 0 aliphatic carbocycles. The molecular weight excluding hydrogens is 555 g/mol. The summed E-state index contributed by atoms with van der Waals surface area (Å²) in [5.41, 5.74) is 8.74. The molecule has 0 aliphatic rings. The number of hydrogen-bond donors (Lipinski definition) is 0. The number of para-hydroxylation sites is 1. The predicted molar refractivity (Wildman–Crippen MR) is 186 cm³/mol. The van der Waals surface area contributed by atoms with E-state index in [1.54, 1.807) is 11.3 Å². The summed E-state index contributed by atoms with van der Waals surface area (Å²) in [6, 6.07) is 53.5. The second kappa shape index (κ2) is 11.3. The molecule has 0 saturated heterocycles. The van der Waals surface area contributed by atoms with E-state index in [9.17, 15) is 0 Å². The average molecular weight is 582 g/mol. The van der Waals surface area contributed by atoms with Crippen molar-refractivity contribution >= 4 is 43.2 Å². The van der Waals surface area contributed by atoms with Crippen LogP contribution in [-0.2, 0) is 0 Å². The molecule has 3 aromatic heterocycles. The number of nitrogens with zero attached hydrogens (tertiary/aromatic N) is 3. The van der Waals surface area contributed by atoms with Gasteiger partial charge in [0.1, 0.15) is 0 Å². The van der Waals surface area contributed by atoms with Crippen LogP contribution in [0.2, 0.25) is 0 Å². The van der Waals surface area contributed by atoms with E-state index in [4.69, 9.17) is 4.98 Å². The second-order valence-electron chi connectivity index (χ2n) is 10.7. The Balaban J connectivity index is 1.26. The van der Waals surface area contributed by atoms with Crippen LogP contribution in [0.5, 0.6) is 0 Å².